The summed E-state index contributed by atoms with van der Waals surface area (Å²) in [5, 5.41) is 10.7. The molecule has 1 aliphatic rings. The monoisotopic (exact) mass is 282 g/mol. The van der Waals surface area contributed by atoms with Gasteiger partial charge in [-0.2, -0.15) is 0 Å². The summed E-state index contributed by atoms with van der Waals surface area (Å²) in [6, 6.07) is 14.4. The Balaban J connectivity index is 1.85. The number of rotatable bonds is 2. The van der Waals surface area contributed by atoms with Crippen LogP contribution >= 0.6 is 0 Å². The van der Waals surface area contributed by atoms with Crippen LogP contribution in [0.1, 0.15) is 41.2 Å². The highest BCUT2D eigenvalue weighted by Crippen LogP contribution is 2.32. The zero-order chi connectivity index (χ0) is 14.8. The summed E-state index contributed by atoms with van der Waals surface area (Å²) >= 11 is 0. The fourth-order valence-electron chi connectivity index (χ4n) is 3.20. The average molecular weight is 282 g/mol. The average Bonchev–Trinajstić information content (AvgIpc) is 2.59. The molecule has 0 saturated heterocycles. The first-order valence-electron chi connectivity index (χ1n) is 7.64. The normalized spacial score (nSPS) is 21.5. The summed E-state index contributed by atoms with van der Waals surface area (Å²) in [6.07, 6.45) is 2.21. The van der Waals surface area contributed by atoms with Gasteiger partial charge in [-0.3, -0.25) is 0 Å². The van der Waals surface area contributed by atoms with E-state index in [-0.39, 0.29) is 6.10 Å². The number of aryl methyl sites for hydroxylation is 3. The summed E-state index contributed by atoms with van der Waals surface area (Å²) in [6.45, 7) is 4.14. The van der Waals surface area contributed by atoms with Crippen molar-refractivity contribution in [3.8, 4) is 5.75 Å². The van der Waals surface area contributed by atoms with E-state index in [9.17, 15) is 5.11 Å². The van der Waals surface area contributed by atoms with Gasteiger partial charge in [0.05, 0.1) is 0 Å². The molecule has 2 aromatic rings. The molecule has 0 radical (unpaired) electrons. The second kappa shape index (κ2) is 5.90. The van der Waals surface area contributed by atoms with Crippen LogP contribution in [0.4, 0.5) is 0 Å². The Hall–Kier alpha value is -1.80. The lowest BCUT2D eigenvalue weighted by atomic mass is 10.00. The first-order chi connectivity index (χ1) is 10.1. The van der Waals surface area contributed by atoms with E-state index in [0.717, 1.165) is 30.6 Å². The van der Waals surface area contributed by atoms with E-state index < -0.39 is 6.10 Å². The minimum Gasteiger partial charge on any atom is -0.487 e. The summed E-state index contributed by atoms with van der Waals surface area (Å²) in [7, 11) is 0. The van der Waals surface area contributed by atoms with Gasteiger partial charge in [0.1, 0.15) is 18.0 Å². The second-order valence-corrected chi connectivity index (χ2v) is 6.02. The maximum Gasteiger partial charge on any atom is 0.129 e. The number of hydrogen-bond acceptors (Lipinski definition) is 2. The Labute approximate surface area is 126 Å². The van der Waals surface area contributed by atoms with Crippen molar-refractivity contribution in [3.63, 3.8) is 0 Å². The van der Waals surface area contributed by atoms with Crippen molar-refractivity contribution in [2.75, 3.05) is 0 Å². The van der Waals surface area contributed by atoms with Crippen LogP contribution in [0.5, 0.6) is 5.75 Å². The lowest BCUT2D eigenvalue weighted by molar-refractivity contribution is 0.0320. The predicted molar refractivity (Wildman–Crippen MR) is 84.7 cm³/mol. The van der Waals surface area contributed by atoms with Crippen molar-refractivity contribution < 1.29 is 9.84 Å². The molecular weight excluding hydrogens is 260 g/mol. The van der Waals surface area contributed by atoms with Crippen LogP contribution in [-0.4, -0.2) is 11.2 Å². The van der Waals surface area contributed by atoms with Gasteiger partial charge in [0.25, 0.3) is 0 Å². The molecule has 1 aliphatic carbocycles. The molecule has 0 heterocycles. The molecule has 0 fully saturated rings. The topological polar surface area (TPSA) is 29.5 Å². The van der Waals surface area contributed by atoms with Gasteiger partial charge in [0.2, 0.25) is 0 Å². The molecule has 21 heavy (non-hydrogen) atoms. The van der Waals surface area contributed by atoms with E-state index in [2.05, 4.69) is 26.0 Å². The minimum absolute atomic E-state index is 0.171. The molecular formula is C19H22O2. The van der Waals surface area contributed by atoms with Crippen LogP contribution in [0.15, 0.2) is 42.5 Å². The highest BCUT2D eigenvalue weighted by Gasteiger charge is 2.27. The van der Waals surface area contributed by atoms with Crippen LogP contribution in [0, 0.1) is 13.8 Å². The van der Waals surface area contributed by atoms with Crippen LogP contribution in [0.25, 0.3) is 0 Å². The van der Waals surface area contributed by atoms with E-state index in [0.29, 0.717) is 0 Å². The van der Waals surface area contributed by atoms with Gasteiger partial charge >= 0.3 is 0 Å². The van der Waals surface area contributed by atoms with Crippen molar-refractivity contribution in [3.05, 3.63) is 64.7 Å². The van der Waals surface area contributed by atoms with Crippen molar-refractivity contribution >= 4 is 0 Å². The first-order valence-corrected chi connectivity index (χ1v) is 7.64. The highest BCUT2D eigenvalue weighted by molar-refractivity contribution is 5.34. The third-order valence-corrected chi connectivity index (χ3v) is 4.14. The first kappa shape index (κ1) is 14.2. The molecule has 3 rings (SSSR count). The SMILES string of the molecule is Cc1cc(C)cc(OC2CCCc3ccccc3C2O)c1. The van der Waals surface area contributed by atoms with Gasteiger partial charge < -0.3 is 9.84 Å². The molecule has 0 saturated carbocycles. The Morgan fingerprint density at radius 1 is 1.05 bits per heavy atom. The molecule has 2 nitrogen and oxygen atoms in total. The molecule has 2 atom stereocenters. The van der Waals surface area contributed by atoms with E-state index in [1.807, 2.05) is 30.3 Å². The fraction of sp³-hybridized carbons (Fsp3) is 0.368. The molecule has 110 valence electrons. The maximum atomic E-state index is 10.7. The quantitative estimate of drug-likeness (QED) is 0.840. The summed E-state index contributed by atoms with van der Waals surface area (Å²) in [4.78, 5) is 0. The smallest absolute Gasteiger partial charge is 0.129 e. The lowest BCUT2D eigenvalue weighted by Gasteiger charge is -2.23. The number of benzene rings is 2. The molecule has 2 aromatic carbocycles. The van der Waals surface area contributed by atoms with E-state index in [1.54, 1.807) is 0 Å². The zero-order valence-electron chi connectivity index (χ0n) is 12.7. The van der Waals surface area contributed by atoms with Gasteiger partial charge in [-0.05, 0) is 67.5 Å². The second-order valence-electron chi connectivity index (χ2n) is 6.02. The molecule has 2 heteroatoms. The van der Waals surface area contributed by atoms with Gasteiger partial charge in [-0.1, -0.05) is 30.3 Å². The number of ether oxygens (including phenoxy) is 1. The largest absolute Gasteiger partial charge is 0.487 e. The molecule has 0 spiro atoms. The van der Waals surface area contributed by atoms with Crippen molar-refractivity contribution in [2.24, 2.45) is 0 Å². The van der Waals surface area contributed by atoms with E-state index >= 15 is 0 Å². The Kier molecular flexibility index (Phi) is 3.98. The molecule has 0 amide bonds. The minimum atomic E-state index is -0.551. The van der Waals surface area contributed by atoms with Crippen molar-refractivity contribution in [1.29, 1.82) is 0 Å². The van der Waals surface area contributed by atoms with Crippen LogP contribution in [0.3, 0.4) is 0 Å². The molecule has 2 unspecified atom stereocenters. The summed E-state index contributed by atoms with van der Waals surface area (Å²) in [5.74, 6) is 0.857. The lowest BCUT2D eigenvalue weighted by Crippen LogP contribution is -2.24. The molecule has 0 bridgehead atoms. The van der Waals surface area contributed by atoms with E-state index in [1.165, 1.54) is 16.7 Å². The van der Waals surface area contributed by atoms with Gasteiger partial charge in [0, 0.05) is 0 Å². The van der Waals surface area contributed by atoms with Crippen LogP contribution in [0.2, 0.25) is 0 Å². The number of hydrogen-bond donors (Lipinski definition) is 1. The Morgan fingerprint density at radius 3 is 2.52 bits per heavy atom. The van der Waals surface area contributed by atoms with Crippen molar-refractivity contribution in [1.82, 2.24) is 0 Å². The number of aliphatic hydroxyl groups excluding tert-OH is 1. The Bertz CT molecular complexity index is 613. The number of aliphatic hydroxyl groups is 1. The standard InChI is InChI=1S/C19H22O2/c1-13-10-14(2)12-16(11-13)21-18-9-5-7-15-6-3-4-8-17(15)19(18)20/h3-4,6,8,10-12,18-20H,5,7,9H2,1-2H3. The molecule has 0 aliphatic heterocycles. The third-order valence-electron chi connectivity index (χ3n) is 4.14. The Morgan fingerprint density at radius 2 is 1.76 bits per heavy atom. The highest BCUT2D eigenvalue weighted by atomic mass is 16.5. The molecule has 1 N–H and O–H groups in total. The van der Waals surface area contributed by atoms with Crippen molar-refractivity contribution in [2.45, 2.75) is 45.3 Å². The van der Waals surface area contributed by atoms with Crippen LogP contribution < -0.4 is 4.74 Å². The predicted octanol–water partition coefficient (Wildman–Crippen LogP) is 4.12. The third kappa shape index (κ3) is 3.11. The van der Waals surface area contributed by atoms with Crippen LogP contribution in [-0.2, 0) is 6.42 Å². The van der Waals surface area contributed by atoms with Gasteiger partial charge in [0.15, 0.2) is 0 Å². The fourth-order valence-corrected chi connectivity index (χ4v) is 3.20. The van der Waals surface area contributed by atoms with Gasteiger partial charge in [-0.25, -0.2) is 0 Å². The summed E-state index contributed by atoms with van der Waals surface area (Å²) in [5.41, 5.74) is 4.64. The summed E-state index contributed by atoms with van der Waals surface area (Å²) < 4.78 is 6.12. The zero-order valence-corrected chi connectivity index (χ0v) is 12.7. The molecule has 0 aromatic heterocycles. The maximum absolute atomic E-state index is 10.7. The van der Waals surface area contributed by atoms with Gasteiger partial charge in [-0.15, -0.1) is 0 Å². The van der Waals surface area contributed by atoms with E-state index in [4.69, 9.17) is 4.74 Å². The number of fused-ring (bicyclic) bond motifs is 1.